The number of allylic oxidation sites excluding steroid dienone is 4. The van der Waals surface area contributed by atoms with Crippen LogP contribution in [-0.4, -0.2) is 70.8 Å². The molecule has 1 unspecified atom stereocenters. The van der Waals surface area contributed by atoms with Gasteiger partial charge in [-0.15, -0.1) is 11.8 Å². The first-order chi connectivity index (χ1) is 21.6. The van der Waals surface area contributed by atoms with Crippen molar-refractivity contribution in [3.05, 3.63) is 88.5 Å². The smallest absolute Gasteiger partial charge is 0.308 e. The number of hydrogen-bond donors (Lipinski definition) is 1. The molecule has 2 heterocycles. The van der Waals surface area contributed by atoms with Crippen molar-refractivity contribution in [2.45, 2.75) is 39.7 Å². The molecule has 2 aliphatic rings. The minimum absolute atomic E-state index is 0.0773. The maximum atomic E-state index is 16.2. The van der Waals surface area contributed by atoms with Crippen molar-refractivity contribution in [3.63, 3.8) is 0 Å². The lowest BCUT2D eigenvalue weighted by Crippen LogP contribution is -2.55. The van der Waals surface area contributed by atoms with E-state index in [9.17, 15) is 14.4 Å². The number of amidine groups is 1. The largest absolute Gasteiger partial charge is 0.426 e. The summed E-state index contributed by atoms with van der Waals surface area (Å²) in [5, 5.41) is 2.54. The number of rotatable bonds is 9. The number of thioether (sulfide) groups is 1. The summed E-state index contributed by atoms with van der Waals surface area (Å²) >= 11 is 1.52. The van der Waals surface area contributed by atoms with Crippen molar-refractivity contribution in [3.8, 4) is 17.0 Å². The third kappa shape index (κ3) is 7.39. The highest BCUT2D eigenvalue weighted by Gasteiger charge is 2.32. The van der Waals surface area contributed by atoms with E-state index in [4.69, 9.17) is 9.73 Å². The quantitative estimate of drug-likeness (QED) is 0.0920. The van der Waals surface area contributed by atoms with Gasteiger partial charge in [-0.3, -0.25) is 14.4 Å². The van der Waals surface area contributed by atoms with E-state index in [-0.39, 0.29) is 34.6 Å². The maximum Gasteiger partial charge on any atom is 0.308 e. The summed E-state index contributed by atoms with van der Waals surface area (Å²) in [6.07, 6.45) is 11.1. The molecule has 12 heteroatoms. The first-order valence-corrected chi connectivity index (χ1v) is 15.6. The number of nitrogens with zero attached hydrogens (tertiary/aromatic N) is 4. The monoisotopic (exact) mass is 635 g/mol. The second-order valence-corrected chi connectivity index (χ2v) is 11.1. The van der Waals surface area contributed by atoms with Gasteiger partial charge in [-0.05, 0) is 55.9 Å². The molecular weight excluding hydrogens is 600 g/mol. The Morgan fingerprint density at radius 1 is 1.27 bits per heavy atom. The van der Waals surface area contributed by atoms with Gasteiger partial charge in [0.15, 0.2) is 5.82 Å². The molecule has 1 aromatic heterocycles. The Kier molecular flexibility index (Phi) is 11.1. The van der Waals surface area contributed by atoms with Crippen LogP contribution in [0.25, 0.3) is 11.3 Å². The summed E-state index contributed by atoms with van der Waals surface area (Å²) in [6.45, 7) is 9.72. The number of esters is 1. The topological polar surface area (TPSA) is 104 Å². The van der Waals surface area contributed by atoms with E-state index in [0.29, 0.717) is 44.0 Å². The fourth-order valence-corrected chi connectivity index (χ4v) is 5.89. The minimum Gasteiger partial charge on any atom is -0.426 e. The van der Waals surface area contributed by atoms with Crippen molar-refractivity contribution in [1.82, 2.24) is 14.8 Å². The van der Waals surface area contributed by atoms with Crippen LogP contribution in [0, 0.1) is 11.6 Å². The zero-order valence-electron chi connectivity index (χ0n) is 25.6. The van der Waals surface area contributed by atoms with Crippen molar-refractivity contribution < 1.29 is 27.9 Å². The molecule has 0 saturated carbocycles. The number of ether oxygens (including phenoxy) is 1. The highest BCUT2D eigenvalue weighted by atomic mass is 32.2. The zero-order chi connectivity index (χ0) is 32.7. The molecule has 1 aliphatic carbocycles. The lowest BCUT2D eigenvalue weighted by Gasteiger charge is -2.41. The second-order valence-electron chi connectivity index (χ2n) is 10.3. The number of carbonyl (C=O) groups excluding carboxylic acids is 3. The molecule has 1 N–H and O–H groups in total. The molecule has 9 nitrogen and oxygen atoms in total. The van der Waals surface area contributed by atoms with Crippen LogP contribution in [0.2, 0.25) is 0 Å². The van der Waals surface area contributed by atoms with E-state index in [2.05, 4.69) is 23.0 Å². The molecule has 45 heavy (non-hydrogen) atoms. The molecule has 1 aromatic carbocycles. The Morgan fingerprint density at radius 3 is 2.69 bits per heavy atom. The van der Waals surface area contributed by atoms with Crippen LogP contribution in [0.15, 0.2) is 76.3 Å². The first-order valence-electron chi connectivity index (χ1n) is 14.4. The minimum atomic E-state index is -0.924. The van der Waals surface area contributed by atoms with Crippen molar-refractivity contribution >= 4 is 41.7 Å². The molecule has 2 amide bonds. The molecule has 0 spiro atoms. The molecule has 0 bridgehead atoms. The Hall–Kier alpha value is -4.58. The third-order valence-electron chi connectivity index (χ3n) is 7.39. The number of aliphatic imine (C=N–C) groups is 1. The highest BCUT2D eigenvalue weighted by Crippen LogP contribution is 2.37. The van der Waals surface area contributed by atoms with Gasteiger partial charge in [0.1, 0.15) is 28.9 Å². The molecular formula is C33H35F2N5O4S. The van der Waals surface area contributed by atoms with Gasteiger partial charge in [0.2, 0.25) is 12.3 Å². The number of pyridine rings is 1. The molecule has 1 atom stereocenters. The lowest BCUT2D eigenvalue weighted by molar-refractivity contribution is -0.132. The Bertz CT molecular complexity index is 1630. The number of anilines is 1. The molecule has 236 valence electrons. The maximum absolute atomic E-state index is 16.2. The fraction of sp³-hybridized carbons (Fsp3) is 0.303. The van der Waals surface area contributed by atoms with Crippen LogP contribution in [0.3, 0.4) is 0 Å². The van der Waals surface area contributed by atoms with Gasteiger partial charge in [-0.1, -0.05) is 37.8 Å². The van der Waals surface area contributed by atoms with Crippen LogP contribution in [0.1, 0.15) is 39.2 Å². The summed E-state index contributed by atoms with van der Waals surface area (Å²) in [7, 11) is 0. The molecule has 0 radical (unpaired) electrons. The third-order valence-corrected chi connectivity index (χ3v) is 8.16. The van der Waals surface area contributed by atoms with Gasteiger partial charge >= 0.3 is 5.97 Å². The van der Waals surface area contributed by atoms with Crippen LogP contribution >= 0.6 is 11.8 Å². The van der Waals surface area contributed by atoms with E-state index in [1.165, 1.54) is 30.0 Å². The average Bonchev–Trinajstić information content (AvgIpc) is 3.22. The number of aromatic nitrogens is 1. The van der Waals surface area contributed by atoms with Gasteiger partial charge in [0.05, 0.1) is 16.8 Å². The summed E-state index contributed by atoms with van der Waals surface area (Å²) in [6, 6.07) is 4.62. The lowest BCUT2D eigenvalue weighted by atomic mass is 10.0. The van der Waals surface area contributed by atoms with Gasteiger partial charge in [0.25, 0.3) is 0 Å². The number of nitrogens with one attached hydrogen (secondary N) is 1. The number of benzene rings is 1. The molecule has 1 aliphatic heterocycles. The van der Waals surface area contributed by atoms with E-state index >= 15 is 8.78 Å². The second kappa shape index (κ2) is 14.9. The van der Waals surface area contributed by atoms with Crippen molar-refractivity contribution in [2.24, 2.45) is 4.99 Å². The van der Waals surface area contributed by atoms with Crippen LogP contribution in [0.4, 0.5) is 14.6 Å². The van der Waals surface area contributed by atoms with Gasteiger partial charge in [-0.25, -0.2) is 18.8 Å². The SMILES string of the molecule is C=CC(=O)N1CCN(C(=NC2=C(SC)C=CCC=C2CC)c2cc(F)c(-c3c(F)cccc3OC(C)=O)nc2NC=O)C(C)C1. The number of hydrogen-bond acceptors (Lipinski definition) is 7. The summed E-state index contributed by atoms with van der Waals surface area (Å²) in [5.74, 6) is -2.70. The van der Waals surface area contributed by atoms with Crippen molar-refractivity contribution in [2.75, 3.05) is 31.2 Å². The highest BCUT2D eigenvalue weighted by molar-refractivity contribution is 8.02. The van der Waals surface area contributed by atoms with Gasteiger partial charge < -0.3 is 19.9 Å². The number of halogens is 2. The van der Waals surface area contributed by atoms with Crippen molar-refractivity contribution in [1.29, 1.82) is 0 Å². The van der Waals surface area contributed by atoms with Gasteiger partial charge in [-0.2, -0.15) is 0 Å². The predicted molar refractivity (Wildman–Crippen MR) is 173 cm³/mol. The zero-order valence-corrected chi connectivity index (χ0v) is 26.4. The van der Waals surface area contributed by atoms with Gasteiger partial charge in [0, 0.05) is 37.5 Å². The van der Waals surface area contributed by atoms with Crippen LogP contribution in [0.5, 0.6) is 5.75 Å². The Balaban J connectivity index is 1.98. The van der Waals surface area contributed by atoms with Crippen LogP contribution < -0.4 is 10.1 Å². The summed E-state index contributed by atoms with van der Waals surface area (Å²) < 4.78 is 36.5. The number of carbonyl (C=O) groups is 3. The van der Waals surface area contributed by atoms with Crippen LogP contribution in [-0.2, 0) is 14.4 Å². The van der Waals surface area contributed by atoms with E-state index < -0.39 is 23.3 Å². The standard InChI is InChI=1S/C33H35F2N5O4S/c1-6-22-11-8-9-14-27(45-5)30(22)38-33(40-16-15-39(18-20(40)3)28(43)7-2)23-17-25(35)31(37-32(23)36-19-41)29-24(34)12-10-13-26(29)44-21(4)42/h7,9-14,17,19-20H,2,6,8,15-16,18H2,1,3-5H3,(H,36,37,41). The number of amides is 2. The first kappa shape index (κ1) is 33.3. The summed E-state index contributed by atoms with van der Waals surface area (Å²) in [5.41, 5.74) is 1.01. The molecule has 2 aromatic rings. The van der Waals surface area contributed by atoms with E-state index in [1.54, 1.807) is 4.90 Å². The fourth-order valence-electron chi connectivity index (χ4n) is 5.28. The molecule has 1 fully saturated rings. The molecule has 1 saturated heterocycles. The average molecular weight is 636 g/mol. The molecule has 4 rings (SSSR count). The Morgan fingerprint density at radius 2 is 2.04 bits per heavy atom. The van der Waals surface area contributed by atoms with E-state index in [1.807, 2.05) is 37.2 Å². The number of piperazine rings is 1. The predicted octanol–water partition coefficient (Wildman–Crippen LogP) is 5.86. The summed E-state index contributed by atoms with van der Waals surface area (Å²) in [4.78, 5) is 50.0. The Labute approximate surface area is 265 Å². The normalized spacial score (nSPS) is 17.1. The van der Waals surface area contributed by atoms with E-state index in [0.717, 1.165) is 36.0 Å².